The number of sulfonamides is 1. The van der Waals surface area contributed by atoms with E-state index >= 15 is 0 Å². The first-order valence-corrected chi connectivity index (χ1v) is 8.19. The van der Waals surface area contributed by atoms with Crippen LogP contribution in [-0.2, 0) is 23.0 Å². The number of rotatable bonds is 6. The zero-order valence-corrected chi connectivity index (χ0v) is 12.7. The van der Waals surface area contributed by atoms with Crippen molar-refractivity contribution >= 4 is 10.0 Å². The van der Waals surface area contributed by atoms with E-state index in [9.17, 15) is 8.42 Å². The molecule has 112 valence electrons. The standard InChI is InChI=1S/C15H19N3O2S/c1-12-10-17-9-7-14(12)11-18-21(19,20)15-4-2-13(3-5-15)6-8-16/h2-5,7,9-10,18H,6,8,11,16H2,1H3. The van der Waals surface area contributed by atoms with Crippen LogP contribution in [0.4, 0.5) is 0 Å². The summed E-state index contributed by atoms with van der Waals surface area (Å²) in [7, 11) is -3.51. The molecule has 5 nitrogen and oxygen atoms in total. The summed E-state index contributed by atoms with van der Waals surface area (Å²) in [5.41, 5.74) is 8.37. The van der Waals surface area contributed by atoms with Crippen LogP contribution in [-0.4, -0.2) is 19.9 Å². The fourth-order valence-electron chi connectivity index (χ4n) is 1.96. The third kappa shape index (κ3) is 4.10. The van der Waals surface area contributed by atoms with E-state index in [0.29, 0.717) is 6.54 Å². The number of aryl methyl sites for hydroxylation is 1. The lowest BCUT2D eigenvalue weighted by Gasteiger charge is -2.09. The molecule has 2 rings (SSSR count). The lowest BCUT2D eigenvalue weighted by atomic mass is 10.2. The van der Waals surface area contributed by atoms with Gasteiger partial charge in [-0.25, -0.2) is 13.1 Å². The number of nitrogens with two attached hydrogens (primary N) is 1. The van der Waals surface area contributed by atoms with Gasteiger partial charge in [-0.15, -0.1) is 0 Å². The largest absolute Gasteiger partial charge is 0.330 e. The Bertz CT molecular complexity index is 697. The van der Waals surface area contributed by atoms with Crippen molar-refractivity contribution in [1.82, 2.24) is 9.71 Å². The first-order chi connectivity index (χ1) is 10.0. The van der Waals surface area contributed by atoms with Crippen molar-refractivity contribution in [3.05, 3.63) is 59.4 Å². The van der Waals surface area contributed by atoms with E-state index in [0.717, 1.165) is 23.1 Å². The van der Waals surface area contributed by atoms with E-state index in [1.54, 1.807) is 36.7 Å². The number of aromatic nitrogens is 1. The van der Waals surface area contributed by atoms with Gasteiger partial charge in [-0.1, -0.05) is 12.1 Å². The van der Waals surface area contributed by atoms with E-state index in [-0.39, 0.29) is 11.4 Å². The first-order valence-electron chi connectivity index (χ1n) is 6.71. The molecule has 0 saturated carbocycles. The molecule has 0 amide bonds. The minimum atomic E-state index is -3.51. The second-order valence-electron chi connectivity index (χ2n) is 4.81. The maximum Gasteiger partial charge on any atom is 0.240 e. The van der Waals surface area contributed by atoms with E-state index < -0.39 is 10.0 Å². The summed E-state index contributed by atoms with van der Waals surface area (Å²) in [5.74, 6) is 0. The van der Waals surface area contributed by atoms with E-state index in [4.69, 9.17) is 5.73 Å². The lowest BCUT2D eigenvalue weighted by Crippen LogP contribution is -2.23. The summed E-state index contributed by atoms with van der Waals surface area (Å²) in [4.78, 5) is 4.25. The molecule has 0 atom stereocenters. The monoisotopic (exact) mass is 305 g/mol. The third-order valence-corrected chi connectivity index (χ3v) is 4.67. The SMILES string of the molecule is Cc1cnccc1CNS(=O)(=O)c1ccc(CCN)cc1. The van der Waals surface area contributed by atoms with Crippen LogP contribution in [0.3, 0.4) is 0 Å². The Morgan fingerprint density at radius 2 is 1.90 bits per heavy atom. The fraction of sp³-hybridized carbons (Fsp3) is 0.267. The van der Waals surface area contributed by atoms with Gasteiger partial charge in [-0.2, -0.15) is 0 Å². The molecule has 0 bridgehead atoms. The Kier molecular flexibility index (Phi) is 5.06. The minimum absolute atomic E-state index is 0.251. The van der Waals surface area contributed by atoms with Gasteiger partial charge in [0.25, 0.3) is 0 Å². The van der Waals surface area contributed by atoms with Gasteiger partial charge >= 0.3 is 0 Å². The second-order valence-corrected chi connectivity index (χ2v) is 6.58. The Labute approximate surface area is 125 Å². The summed E-state index contributed by atoms with van der Waals surface area (Å²) in [6, 6.07) is 8.60. The van der Waals surface area contributed by atoms with E-state index in [2.05, 4.69) is 9.71 Å². The molecule has 3 N–H and O–H groups in total. The van der Waals surface area contributed by atoms with Crippen molar-refractivity contribution in [1.29, 1.82) is 0 Å². The van der Waals surface area contributed by atoms with Crippen LogP contribution in [0, 0.1) is 6.92 Å². The van der Waals surface area contributed by atoms with Gasteiger partial charge in [0.05, 0.1) is 4.90 Å². The van der Waals surface area contributed by atoms with Crippen LogP contribution in [0.25, 0.3) is 0 Å². The molecule has 0 spiro atoms. The van der Waals surface area contributed by atoms with Crippen LogP contribution in [0.2, 0.25) is 0 Å². The highest BCUT2D eigenvalue weighted by Crippen LogP contribution is 2.12. The number of pyridine rings is 1. The van der Waals surface area contributed by atoms with Gasteiger partial charge in [-0.05, 0) is 54.8 Å². The molecule has 6 heteroatoms. The third-order valence-electron chi connectivity index (χ3n) is 3.26. The van der Waals surface area contributed by atoms with Crippen LogP contribution < -0.4 is 10.5 Å². The molecule has 0 aliphatic heterocycles. The highest BCUT2D eigenvalue weighted by molar-refractivity contribution is 7.89. The highest BCUT2D eigenvalue weighted by atomic mass is 32.2. The van der Waals surface area contributed by atoms with Crippen molar-refractivity contribution in [3.8, 4) is 0 Å². The second kappa shape index (κ2) is 6.80. The molecular formula is C15H19N3O2S. The predicted octanol–water partition coefficient (Wildman–Crippen LogP) is 1.37. The summed E-state index contributed by atoms with van der Waals surface area (Å²) in [5, 5.41) is 0. The molecule has 0 aliphatic carbocycles. The molecular weight excluding hydrogens is 286 g/mol. The molecule has 0 radical (unpaired) electrons. The fourth-order valence-corrected chi connectivity index (χ4v) is 2.97. The molecule has 0 unspecified atom stereocenters. The van der Waals surface area contributed by atoms with Gasteiger partial charge in [0.15, 0.2) is 0 Å². The quantitative estimate of drug-likeness (QED) is 0.844. The highest BCUT2D eigenvalue weighted by Gasteiger charge is 2.13. The Balaban J connectivity index is 2.09. The normalized spacial score (nSPS) is 11.5. The predicted molar refractivity (Wildman–Crippen MR) is 82.2 cm³/mol. The smallest absolute Gasteiger partial charge is 0.240 e. The molecule has 0 saturated heterocycles. The zero-order valence-electron chi connectivity index (χ0n) is 11.9. The molecule has 0 aliphatic rings. The zero-order chi connectivity index (χ0) is 15.3. The van der Waals surface area contributed by atoms with Crippen LogP contribution in [0.5, 0.6) is 0 Å². The van der Waals surface area contributed by atoms with E-state index in [1.807, 2.05) is 13.0 Å². The van der Waals surface area contributed by atoms with Gasteiger partial charge in [0.2, 0.25) is 10.0 Å². The van der Waals surface area contributed by atoms with Crippen molar-refractivity contribution in [2.24, 2.45) is 5.73 Å². The number of nitrogens with one attached hydrogen (secondary N) is 1. The lowest BCUT2D eigenvalue weighted by molar-refractivity contribution is 0.581. The summed E-state index contributed by atoms with van der Waals surface area (Å²) >= 11 is 0. The number of hydrogen-bond donors (Lipinski definition) is 2. The van der Waals surface area contributed by atoms with E-state index in [1.165, 1.54) is 0 Å². The summed E-state index contributed by atoms with van der Waals surface area (Å²) < 4.78 is 27.1. The molecule has 1 aromatic carbocycles. The van der Waals surface area contributed by atoms with Crippen molar-refractivity contribution in [2.75, 3.05) is 6.54 Å². The maximum atomic E-state index is 12.2. The molecule has 1 aromatic heterocycles. The van der Waals surface area contributed by atoms with Crippen molar-refractivity contribution < 1.29 is 8.42 Å². The first kappa shape index (κ1) is 15.6. The minimum Gasteiger partial charge on any atom is -0.330 e. The average Bonchev–Trinajstić information content (AvgIpc) is 2.47. The van der Waals surface area contributed by atoms with Crippen LogP contribution >= 0.6 is 0 Å². The molecule has 2 aromatic rings. The Morgan fingerprint density at radius 3 is 2.52 bits per heavy atom. The number of nitrogens with zero attached hydrogens (tertiary/aromatic N) is 1. The molecule has 1 heterocycles. The van der Waals surface area contributed by atoms with Gasteiger partial charge in [0.1, 0.15) is 0 Å². The van der Waals surface area contributed by atoms with Gasteiger partial charge in [0, 0.05) is 18.9 Å². The van der Waals surface area contributed by atoms with Crippen molar-refractivity contribution in [3.63, 3.8) is 0 Å². The maximum absolute atomic E-state index is 12.2. The number of benzene rings is 1. The van der Waals surface area contributed by atoms with Gasteiger partial charge in [-0.3, -0.25) is 4.98 Å². The Hall–Kier alpha value is -1.76. The van der Waals surface area contributed by atoms with Crippen molar-refractivity contribution in [2.45, 2.75) is 24.8 Å². The van der Waals surface area contributed by atoms with Gasteiger partial charge < -0.3 is 5.73 Å². The Morgan fingerprint density at radius 1 is 1.19 bits per heavy atom. The summed E-state index contributed by atoms with van der Waals surface area (Å²) in [6.07, 6.45) is 4.10. The molecule has 21 heavy (non-hydrogen) atoms. The topological polar surface area (TPSA) is 85.1 Å². The average molecular weight is 305 g/mol. The number of hydrogen-bond acceptors (Lipinski definition) is 4. The molecule has 0 fully saturated rings. The van der Waals surface area contributed by atoms with Crippen LogP contribution in [0.15, 0.2) is 47.6 Å². The van der Waals surface area contributed by atoms with Crippen LogP contribution in [0.1, 0.15) is 16.7 Å². The summed E-state index contributed by atoms with van der Waals surface area (Å²) in [6.45, 7) is 2.70.